The molecule has 1 fully saturated rings. The van der Waals surface area contributed by atoms with Crippen LogP contribution in [-0.4, -0.2) is 57.1 Å². The van der Waals surface area contributed by atoms with Crippen molar-refractivity contribution in [2.45, 2.75) is 24.6 Å². The maximum atomic E-state index is 14.3. The number of halogens is 6. The zero-order chi connectivity index (χ0) is 22.6. The van der Waals surface area contributed by atoms with Gasteiger partial charge in [-0.25, -0.2) is 13.8 Å². The predicted octanol–water partition coefficient (Wildman–Crippen LogP) is 3.44. The van der Waals surface area contributed by atoms with Gasteiger partial charge >= 0.3 is 12.1 Å². The van der Waals surface area contributed by atoms with Crippen LogP contribution < -0.4 is 10.2 Å². The number of fused-ring (bicyclic) bond motifs is 1. The zero-order valence-corrected chi connectivity index (χ0v) is 16.4. The maximum absolute atomic E-state index is 14.3. The van der Waals surface area contributed by atoms with Gasteiger partial charge in [0.25, 0.3) is 5.91 Å². The van der Waals surface area contributed by atoms with E-state index in [9.17, 15) is 26.7 Å². The summed E-state index contributed by atoms with van der Waals surface area (Å²) in [5, 5.41) is 0.825. The molecule has 31 heavy (non-hydrogen) atoms. The summed E-state index contributed by atoms with van der Waals surface area (Å²) < 4.78 is 67.5. The van der Waals surface area contributed by atoms with E-state index in [0.29, 0.717) is 21.6 Å². The molecule has 4 rings (SSSR count). The van der Waals surface area contributed by atoms with Gasteiger partial charge in [0.2, 0.25) is 5.82 Å². The summed E-state index contributed by atoms with van der Waals surface area (Å²) in [5.41, 5.74) is 6.19. The van der Waals surface area contributed by atoms with E-state index in [1.807, 2.05) is 0 Å². The molecule has 0 bridgehead atoms. The average Bonchev–Trinajstić information content (AvgIpc) is 3.18. The van der Waals surface area contributed by atoms with E-state index in [-0.39, 0.29) is 5.69 Å². The molecule has 1 saturated heterocycles. The summed E-state index contributed by atoms with van der Waals surface area (Å²) in [4.78, 5) is 27.0. The monoisotopic (exact) mass is 461 g/mol. The van der Waals surface area contributed by atoms with E-state index in [0.717, 1.165) is 6.20 Å². The number of quaternary nitrogens is 1. The third-order valence-electron chi connectivity index (χ3n) is 5.24. The number of nitrogens with two attached hydrogens (primary N) is 1. The Kier molecular flexibility index (Phi) is 4.89. The zero-order valence-electron chi connectivity index (χ0n) is 15.6. The maximum Gasteiger partial charge on any atom is 0.438 e. The van der Waals surface area contributed by atoms with E-state index in [1.54, 1.807) is 6.07 Å². The Balaban J connectivity index is 1.89. The first-order chi connectivity index (χ1) is 14.4. The van der Waals surface area contributed by atoms with Crippen LogP contribution in [0.1, 0.15) is 6.42 Å². The molecule has 3 N–H and O–H groups in total. The molecular weight excluding hydrogens is 447 g/mol. The highest BCUT2D eigenvalue weighted by Gasteiger charge is 2.64. The van der Waals surface area contributed by atoms with Crippen LogP contribution in [0.2, 0.25) is 5.02 Å². The largest absolute Gasteiger partial charge is 0.438 e. The number of hydrogen-bond donors (Lipinski definition) is 2. The third-order valence-corrected chi connectivity index (χ3v) is 5.45. The molecule has 1 amide bonds. The lowest BCUT2D eigenvalue weighted by Crippen LogP contribution is -2.62. The average molecular weight is 462 g/mol. The molecule has 13 heteroatoms. The Labute approximate surface area is 176 Å². The van der Waals surface area contributed by atoms with Crippen LogP contribution in [0.5, 0.6) is 0 Å². The Bertz CT molecular complexity index is 1170. The van der Waals surface area contributed by atoms with Crippen molar-refractivity contribution in [2.75, 3.05) is 13.1 Å². The van der Waals surface area contributed by atoms with Gasteiger partial charge in [0.1, 0.15) is 11.8 Å². The van der Waals surface area contributed by atoms with Crippen molar-refractivity contribution < 1.29 is 26.7 Å². The van der Waals surface area contributed by atoms with Crippen molar-refractivity contribution in [1.82, 2.24) is 24.4 Å². The molecule has 1 aliphatic rings. The fourth-order valence-electron chi connectivity index (χ4n) is 4.09. The minimum atomic E-state index is -4.87. The van der Waals surface area contributed by atoms with Gasteiger partial charge in [-0.2, -0.15) is 18.2 Å². The lowest BCUT2D eigenvalue weighted by Gasteiger charge is -2.36. The van der Waals surface area contributed by atoms with E-state index < -0.39 is 53.9 Å². The molecule has 3 aromatic rings. The van der Waals surface area contributed by atoms with E-state index in [1.165, 1.54) is 18.6 Å². The number of aromatic amines is 1. The topological polar surface area (TPSA) is 97.6 Å². The number of nitrogens with one attached hydrogen (secondary N) is 1. The lowest BCUT2D eigenvalue weighted by molar-refractivity contribution is -0.150. The lowest BCUT2D eigenvalue weighted by atomic mass is 10.1. The van der Waals surface area contributed by atoms with Crippen LogP contribution >= 0.6 is 11.6 Å². The van der Waals surface area contributed by atoms with Crippen LogP contribution in [0.25, 0.3) is 22.3 Å². The standard InChI is InChI=1S/C18H14ClF5N6O/c19-9-1-10-11(4-28-16(10)27-3-9)12-5-26-6-14(29-12)30(8-18(22,23)24)7-17(20,21)2-13(30)15(25)31/h1,3-6,13H,2,7-8H2,(H2-,25,27,28,29,31)/p+1/t13-,30?/m0/s1. The normalized spacial score (nSPS) is 23.4. The summed E-state index contributed by atoms with van der Waals surface area (Å²) in [6.45, 7) is -3.02. The van der Waals surface area contributed by atoms with Crippen LogP contribution in [0.4, 0.5) is 27.8 Å². The molecule has 164 valence electrons. The van der Waals surface area contributed by atoms with Crippen molar-refractivity contribution in [3.05, 3.63) is 35.9 Å². The second kappa shape index (κ2) is 7.09. The van der Waals surface area contributed by atoms with Crippen LogP contribution in [0, 0.1) is 0 Å². The first-order valence-electron chi connectivity index (χ1n) is 8.96. The summed E-state index contributed by atoms with van der Waals surface area (Å²) >= 11 is 5.97. The van der Waals surface area contributed by atoms with Crippen molar-refractivity contribution in [3.8, 4) is 11.3 Å². The fraction of sp³-hybridized carbons (Fsp3) is 0.333. The number of carbonyl (C=O) groups is 1. The molecule has 1 aliphatic heterocycles. The number of pyridine rings is 1. The van der Waals surface area contributed by atoms with E-state index >= 15 is 0 Å². The SMILES string of the molecule is NC(=O)[C@@H]1CC(F)(F)C[N+]1(CC(F)(F)F)c1cncc(-c2c[nH]c3ncc(Cl)cc23)n1. The molecule has 1 unspecified atom stereocenters. The van der Waals surface area contributed by atoms with Gasteiger partial charge < -0.3 is 10.7 Å². The van der Waals surface area contributed by atoms with Crippen LogP contribution in [0.15, 0.2) is 30.9 Å². The van der Waals surface area contributed by atoms with Gasteiger partial charge in [0, 0.05) is 23.3 Å². The summed E-state index contributed by atoms with van der Waals surface area (Å²) in [6, 6.07) is -0.249. The van der Waals surface area contributed by atoms with Crippen molar-refractivity contribution in [1.29, 1.82) is 0 Å². The molecule has 0 saturated carbocycles. The summed E-state index contributed by atoms with van der Waals surface area (Å²) in [7, 11) is 0. The molecule has 4 heterocycles. The van der Waals surface area contributed by atoms with Crippen molar-refractivity contribution in [3.63, 3.8) is 0 Å². The number of likely N-dealkylation sites (tertiary alicyclic amines) is 1. The highest BCUT2D eigenvalue weighted by Crippen LogP contribution is 2.44. The molecule has 0 aliphatic carbocycles. The number of H-pyrrole nitrogens is 1. The number of amides is 1. The summed E-state index contributed by atoms with van der Waals surface area (Å²) in [5.74, 6) is -5.24. The van der Waals surface area contributed by atoms with Gasteiger partial charge in [0.05, 0.1) is 23.3 Å². The van der Waals surface area contributed by atoms with E-state index in [4.69, 9.17) is 17.3 Å². The van der Waals surface area contributed by atoms with Gasteiger partial charge in [-0.05, 0) is 6.07 Å². The Hall–Kier alpha value is -2.86. The minimum Gasteiger partial charge on any atom is -0.364 e. The second-order valence-electron chi connectivity index (χ2n) is 7.46. The first kappa shape index (κ1) is 21.4. The number of aromatic nitrogens is 4. The predicted molar refractivity (Wildman–Crippen MR) is 102 cm³/mol. The highest BCUT2D eigenvalue weighted by atomic mass is 35.5. The number of rotatable bonds is 4. The molecule has 2 atom stereocenters. The number of carbonyl (C=O) groups excluding carboxylic acids is 1. The van der Waals surface area contributed by atoms with Gasteiger partial charge in [-0.1, -0.05) is 11.6 Å². The van der Waals surface area contributed by atoms with Crippen molar-refractivity contribution in [2.24, 2.45) is 5.73 Å². The highest BCUT2D eigenvalue weighted by molar-refractivity contribution is 6.31. The Morgan fingerprint density at radius 2 is 2.06 bits per heavy atom. The number of nitrogens with zero attached hydrogens (tertiary/aromatic N) is 4. The summed E-state index contributed by atoms with van der Waals surface area (Å²) in [6.07, 6.45) is -0.863. The van der Waals surface area contributed by atoms with Gasteiger partial charge in [-0.3, -0.25) is 14.3 Å². The number of alkyl halides is 5. The molecule has 0 spiro atoms. The van der Waals surface area contributed by atoms with Crippen LogP contribution in [0.3, 0.4) is 0 Å². The van der Waals surface area contributed by atoms with E-state index in [2.05, 4.69) is 19.9 Å². The second-order valence-corrected chi connectivity index (χ2v) is 7.89. The Morgan fingerprint density at radius 3 is 2.74 bits per heavy atom. The third kappa shape index (κ3) is 3.92. The quantitative estimate of drug-likeness (QED) is 0.459. The number of hydrogen-bond acceptors (Lipinski definition) is 4. The molecule has 7 nitrogen and oxygen atoms in total. The van der Waals surface area contributed by atoms with Crippen LogP contribution in [-0.2, 0) is 4.79 Å². The molecule has 3 aromatic heterocycles. The smallest absolute Gasteiger partial charge is 0.364 e. The molecule has 0 aromatic carbocycles. The van der Waals surface area contributed by atoms with Crippen molar-refractivity contribution >= 4 is 34.4 Å². The molecular formula is C18H15ClF5N6O+. The first-order valence-corrected chi connectivity index (χ1v) is 9.34. The van der Waals surface area contributed by atoms with Gasteiger partial charge in [-0.15, -0.1) is 0 Å². The fourth-order valence-corrected chi connectivity index (χ4v) is 4.24. The number of primary amides is 1. The Morgan fingerprint density at radius 1 is 1.32 bits per heavy atom. The minimum absolute atomic E-state index is 0.103. The van der Waals surface area contributed by atoms with Gasteiger partial charge in [0.15, 0.2) is 19.1 Å². The molecule has 0 radical (unpaired) electrons.